The van der Waals surface area contributed by atoms with Crippen molar-refractivity contribution < 1.29 is 4.74 Å². The highest BCUT2D eigenvalue weighted by Gasteiger charge is 2.08. The number of thiocarbonyl (C=S) groups is 1. The number of hydrogen-bond donors (Lipinski definition) is 1. The zero-order valence-corrected chi connectivity index (χ0v) is 13.0. The lowest BCUT2D eigenvalue weighted by molar-refractivity contribution is 0.310. The first kappa shape index (κ1) is 14.1. The van der Waals surface area contributed by atoms with E-state index in [4.69, 9.17) is 17.0 Å². The van der Waals surface area contributed by atoms with Crippen LogP contribution in [0.2, 0.25) is 0 Å². The fourth-order valence-corrected chi connectivity index (χ4v) is 2.69. The van der Waals surface area contributed by atoms with E-state index in [1.165, 1.54) is 0 Å². The van der Waals surface area contributed by atoms with Gasteiger partial charge < -0.3 is 4.74 Å². The fraction of sp³-hybridized carbons (Fsp3) is 0.0556. The molecule has 0 aliphatic carbocycles. The van der Waals surface area contributed by atoms with Crippen molar-refractivity contribution in [3.63, 3.8) is 0 Å². The molecule has 0 spiro atoms. The second kappa shape index (κ2) is 6.29. The summed E-state index contributed by atoms with van der Waals surface area (Å²) < 4.78 is 6.57. The van der Waals surface area contributed by atoms with Gasteiger partial charge in [0.2, 0.25) is 0 Å². The van der Waals surface area contributed by atoms with Crippen molar-refractivity contribution in [3.8, 4) is 5.75 Å². The first-order valence-electron chi connectivity index (χ1n) is 6.67. The molecule has 104 valence electrons. The van der Waals surface area contributed by atoms with Crippen LogP contribution in [0.1, 0.15) is 11.1 Å². The van der Waals surface area contributed by atoms with Gasteiger partial charge in [-0.05, 0) is 23.1 Å². The number of ether oxygens (including phenoxy) is 1. The molecule has 0 saturated heterocycles. The molecular formula is C18H14OS2. The van der Waals surface area contributed by atoms with Gasteiger partial charge in [0.15, 0.2) is 0 Å². The zero-order chi connectivity index (χ0) is 14.7. The van der Waals surface area contributed by atoms with Crippen LogP contribution in [0.15, 0.2) is 66.7 Å². The van der Waals surface area contributed by atoms with Crippen molar-refractivity contribution >= 4 is 39.8 Å². The first-order valence-corrected chi connectivity index (χ1v) is 7.53. The third kappa shape index (κ3) is 3.09. The lowest BCUT2D eigenvalue weighted by Gasteiger charge is -2.12. The smallest absolute Gasteiger partial charge is 0.127 e. The number of rotatable bonds is 4. The van der Waals surface area contributed by atoms with Gasteiger partial charge in [-0.3, -0.25) is 0 Å². The SMILES string of the molecule is S=C(S)c1ccc(OCc2ccccc2)c2ccccc12. The van der Waals surface area contributed by atoms with Crippen LogP contribution in [-0.4, -0.2) is 4.20 Å². The Morgan fingerprint density at radius 1 is 0.857 bits per heavy atom. The van der Waals surface area contributed by atoms with Gasteiger partial charge in [-0.1, -0.05) is 66.8 Å². The van der Waals surface area contributed by atoms with E-state index in [9.17, 15) is 0 Å². The molecule has 3 aromatic carbocycles. The summed E-state index contributed by atoms with van der Waals surface area (Å²) in [6.07, 6.45) is 0. The Morgan fingerprint density at radius 2 is 1.52 bits per heavy atom. The van der Waals surface area contributed by atoms with Gasteiger partial charge in [-0.2, -0.15) is 0 Å². The van der Waals surface area contributed by atoms with Crippen molar-refractivity contribution in [2.24, 2.45) is 0 Å². The van der Waals surface area contributed by atoms with Crippen molar-refractivity contribution in [1.29, 1.82) is 0 Å². The predicted octanol–water partition coefficient (Wildman–Crippen LogP) is 5.02. The van der Waals surface area contributed by atoms with Crippen LogP contribution in [-0.2, 0) is 6.61 Å². The van der Waals surface area contributed by atoms with Crippen molar-refractivity contribution in [2.45, 2.75) is 6.61 Å². The van der Waals surface area contributed by atoms with E-state index < -0.39 is 0 Å². The van der Waals surface area contributed by atoms with Gasteiger partial charge >= 0.3 is 0 Å². The first-order chi connectivity index (χ1) is 10.3. The highest BCUT2D eigenvalue weighted by atomic mass is 32.1. The molecule has 0 aliphatic heterocycles. The average Bonchev–Trinajstić information content (AvgIpc) is 2.53. The molecule has 3 aromatic rings. The van der Waals surface area contributed by atoms with Crippen LogP contribution in [0.5, 0.6) is 5.75 Å². The molecule has 0 saturated carbocycles. The van der Waals surface area contributed by atoms with Crippen LogP contribution in [0.25, 0.3) is 10.8 Å². The van der Waals surface area contributed by atoms with E-state index in [2.05, 4.69) is 24.8 Å². The summed E-state index contributed by atoms with van der Waals surface area (Å²) in [5.41, 5.74) is 2.12. The summed E-state index contributed by atoms with van der Waals surface area (Å²) in [5.74, 6) is 0.864. The standard InChI is InChI=1S/C18H14OS2/c20-18(21)16-10-11-17(15-9-5-4-8-14(15)16)19-12-13-6-2-1-3-7-13/h1-11H,12H2,(H,20,21). The minimum atomic E-state index is 0.551. The van der Waals surface area contributed by atoms with Crippen LogP contribution in [0.3, 0.4) is 0 Å². The maximum absolute atomic E-state index is 5.97. The predicted molar refractivity (Wildman–Crippen MR) is 95.4 cm³/mol. The molecule has 0 unspecified atom stereocenters. The Morgan fingerprint density at radius 3 is 2.24 bits per heavy atom. The summed E-state index contributed by atoms with van der Waals surface area (Å²) in [4.78, 5) is 0. The third-order valence-corrected chi connectivity index (χ3v) is 3.81. The summed E-state index contributed by atoms with van der Waals surface area (Å²) >= 11 is 9.50. The molecule has 0 aromatic heterocycles. The minimum Gasteiger partial charge on any atom is -0.488 e. The second-order valence-electron chi connectivity index (χ2n) is 4.74. The number of hydrogen-bond acceptors (Lipinski definition) is 2. The van der Waals surface area contributed by atoms with E-state index in [1.807, 2.05) is 54.6 Å². The molecule has 21 heavy (non-hydrogen) atoms. The molecule has 0 aliphatic rings. The summed E-state index contributed by atoms with van der Waals surface area (Å²) in [5, 5.41) is 2.13. The molecule has 0 N–H and O–H groups in total. The monoisotopic (exact) mass is 310 g/mol. The van der Waals surface area contributed by atoms with E-state index in [-0.39, 0.29) is 0 Å². The maximum atomic E-state index is 5.97. The van der Waals surface area contributed by atoms with Gasteiger partial charge in [0, 0.05) is 10.9 Å². The Kier molecular flexibility index (Phi) is 4.23. The van der Waals surface area contributed by atoms with Crippen molar-refractivity contribution in [2.75, 3.05) is 0 Å². The fourth-order valence-electron chi connectivity index (χ4n) is 2.32. The van der Waals surface area contributed by atoms with Gasteiger partial charge in [0.1, 0.15) is 12.4 Å². The zero-order valence-electron chi connectivity index (χ0n) is 11.3. The van der Waals surface area contributed by atoms with Crippen molar-refractivity contribution in [3.05, 3.63) is 77.9 Å². The number of benzene rings is 3. The Bertz CT molecular complexity index is 782. The van der Waals surface area contributed by atoms with Crippen LogP contribution >= 0.6 is 24.8 Å². The molecule has 0 radical (unpaired) electrons. The molecular weight excluding hydrogens is 296 g/mol. The molecule has 3 heteroatoms. The quantitative estimate of drug-likeness (QED) is 0.535. The van der Waals surface area contributed by atoms with Gasteiger partial charge in [0.25, 0.3) is 0 Å². The van der Waals surface area contributed by atoms with Gasteiger partial charge in [-0.15, -0.1) is 12.6 Å². The minimum absolute atomic E-state index is 0.551. The molecule has 3 rings (SSSR count). The Labute approximate surface area is 135 Å². The molecule has 0 bridgehead atoms. The molecule has 0 fully saturated rings. The van der Waals surface area contributed by atoms with Crippen LogP contribution in [0.4, 0.5) is 0 Å². The van der Waals surface area contributed by atoms with E-state index in [0.29, 0.717) is 10.8 Å². The topological polar surface area (TPSA) is 9.23 Å². The maximum Gasteiger partial charge on any atom is 0.127 e. The lowest BCUT2D eigenvalue weighted by Crippen LogP contribution is -1.97. The summed E-state index contributed by atoms with van der Waals surface area (Å²) in [6, 6.07) is 22.2. The highest BCUT2D eigenvalue weighted by molar-refractivity contribution is 8.11. The van der Waals surface area contributed by atoms with E-state index >= 15 is 0 Å². The summed E-state index contributed by atoms with van der Waals surface area (Å²) in [7, 11) is 0. The van der Waals surface area contributed by atoms with E-state index in [1.54, 1.807) is 0 Å². The largest absolute Gasteiger partial charge is 0.488 e. The lowest BCUT2D eigenvalue weighted by atomic mass is 10.0. The molecule has 1 nitrogen and oxygen atoms in total. The average molecular weight is 310 g/mol. The molecule has 0 atom stereocenters. The Balaban J connectivity index is 1.96. The van der Waals surface area contributed by atoms with Crippen molar-refractivity contribution in [1.82, 2.24) is 0 Å². The summed E-state index contributed by atoms with van der Waals surface area (Å²) in [6.45, 7) is 0.551. The normalized spacial score (nSPS) is 10.5. The van der Waals surface area contributed by atoms with Gasteiger partial charge in [0.05, 0.1) is 4.20 Å². The number of fused-ring (bicyclic) bond motifs is 1. The molecule has 0 heterocycles. The third-order valence-electron chi connectivity index (χ3n) is 3.35. The van der Waals surface area contributed by atoms with E-state index in [0.717, 1.165) is 27.6 Å². The van der Waals surface area contributed by atoms with Crippen LogP contribution in [0, 0.1) is 0 Å². The highest BCUT2D eigenvalue weighted by Crippen LogP contribution is 2.30. The van der Waals surface area contributed by atoms with Crippen LogP contribution < -0.4 is 4.74 Å². The molecule has 0 amide bonds. The van der Waals surface area contributed by atoms with Gasteiger partial charge in [-0.25, -0.2) is 0 Å². The Hall–Kier alpha value is -1.84. The number of thiol groups is 1. The second-order valence-corrected chi connectivity index (χ2v) is 5.89.